The zero-order valence-electron chi connectivity index (χ0n) is 4.00. The van der Waals surface area contributed by atoms with Crippen LogP contribution in [0.5, 0.6) is 0 Å². The second-order valence-electron chi connectivity index (χ2n) is 0.959. The second-order valence-corrected chi connectivity index (χ2v) is 1.23. The SMILES string of the molecule is [CH]ON([CH])C(=O)CCl. The Labute approximate surface area is 53.1 Å². The molecule has 0 bridgehead atoms. The van der Waals surface area contributed by atoms with Crippen molar-refractivity contribution in [3.63, 3.8) is 0 Å². The average molecular weight is 134 g/mol. The smallest absolute Gasteiger partial charge is 0.261 e. The van der Waals surface area contributed by atoms with Gasteiger partial charge in [0.05, 0.1) is 0 Å². The first-order chi connectivity index (χ1) is 3.72. The van der Waals surface area contributed by atoms with Gasteiger partial charge in [-0.1, -0.05) is 0 Å². The molecule has 0 fully saturated rings. The summed E-state index contributed by atoms with van der Waals surface area (Å²) in [6.45, 7) is 0. The fourth-order valence-electron chi connectivity index (χ4n) is 0.118. The summed E-state index contributed by atoms with van der Waals surface area (Å²) >= 11 is 5.02. The van der Waals surface area contributed by atoms with Crippen LogP contribution in [0, 0.1) is 14.2 Å². The van der Waals surface area contributed by atoms with E-state index in [0.717, 1.165) is 0 Å². The Bertz CT molecular complexity index is 86.1. The van der Waals surface area contributed by atoms with Crippen molar-refractivity contribution >= 4 is 17.5 Å². The molecule has 1 amide bonds. The Morgan fingerprint density at radius 1 is 1.88 bits per heavy atom. The van der Waals surface area contributed by atoms with Crippen molar-refractivity contribution in [3.8, 4) is 0 Å². The molecular formula is C4H4ClNO2. The third-order valence-corrected chi connectivity index (χ3v) is 0.702. The lowest BCUT2D eigenvalue weighted by atomic mass is 10.7. The molecular weight excluding hydrogens is 130 g/mol. The molecule has 0 aliphatic rings. The first kappa shape index (κ1) is 7.72. The van der Waals surface area contributed by atoms with Crippen LogP contribution in [0.15, 0.2) is 0 Å². The van der Waals surface area contributed by atoms with Crippen LogP contribution in [0.4, 0.5) is 0 Å². The van der Waals surface area contributed by atoms with Gasteiger partial charge in [-0.15, -0.1) is 11.6 Å². The van der Waals surface area contributed by atoms with Crippen molar-refractivity contribution in [1.29, 1.82) is 0 Å². The van der Waals surface area contributed by atoms with Crippen molar-refractivity contribution in [2.45, 2.75) is 0 Å². The summed E-state index contributed by atoms with van der Waals surface area (Å²) in [5, 5.41) is 0.354. The van der Waals surface area contributed by atoms with Gasteiger partial charge in [-0.25, -0.2) is 5.06 Å². The minimum absolute atomic E-state index is 0.242. The number of hydrogen-bond acceptors (Lipinski definition) is 2. The third-order valence-electron chi connectivity index (χ3n) is 0.474. The van der Waals surface area contributed by atoms with Crippen molar-refractivity contribution < 1.29 is 9.63 Å². The Hall–Kier alpha value is -0.280. The molecule has 0 unspecified atom stereocenters. The first-order valence-electron chi connectivity index (χ1n) is 1.73. The summed E-state index contributed by atoms with van der Waals surface area (Å²) in [5.74, 6) is -0.831. The summed E-state index contributed by atoms with van der Waals surface area (Å²) in [4.78, 5) is 14.0. The summed E-state index contributed by atoms with van der Waals surface area (Å²) in [7, 11) is 9.25. The number of hydrogen-bond donors (Lipinski definition) is 0. The van der Waals surface area contributed by atoms with Gasteiger partial charge in [-0.05, 0) is 0 Å². The molecule has 0 aromatic rings. The molecule has 4 heteroatoms. The van der Waals surface area contributed by atoms with Gasteiger partial charge in [0.1, 0.15) is 20.0 Å². The third kappa shape index (κ3) is 2.14. The van der Waals surface area contributed by atoms with E-state index >= 15 is 0 Å². The Morgan fingerprint density at radius 2 is 2.38 bits per heavy atom. The largest absolute Gasteiger partial charge is 0.271 e. The molecule has 0 aliphatic heterocycles. The van der Waals surface area contributed by atoms with Crippen LogP contribution in [-0.2, 0) is 9.63 Å². The van der Waals surface area contributed by atoms with E-state index in [1.165, 1.54) is 0 Å². The van der Waals surface area contributed by atoms with Crippen molar-refractivity contribution in [3.05, 3.63) is 14.2 Å². The van der Waals surface area contributed by atoms with E-state index in [-0.39, 0.29) is 5.88 Å². The van der Waals surface area contributed by atoms with Gasteiger partial charge in [-0.2, -0.15) is 0 Å². The standard InChI is InChI=1S/C4H4ClNO2/c1-6(8-2)4(7)3-5/h1-2H,3H2. The summed E-state index contributed by atoms with van der Waals surface area (Å²) in [5.41, 5.74) is 0. The van der Waals surface area contributed by atoms with E-state index in [0.29, 0.717) is 5.06 Å². The zero-order valence-corrected chi connectivity index (χ0v) is 4.76. The van der Waals surface area contributed by atoms with E-state index < -0.39 is 5.91 Å². The molecule has 3 nitrogen and oxygen atoms in total. The molecule has 0 rings (SSSR count). The van der Waals surface area contributed by atoms with Gasteiger partial charge in [-0.3, -0.25) is 9.63 Å². The van der Waals surface area contributed by atoms with Crippen LogP contribution in [0.1, 0.15) is 0 Å². The predicted octanol–water partition coefficient (Wildman–Crippen LogP) is 0.323. The maximum absolute atomic E-state index is 10.2. The molecule has 0 aromatic heterocycles. The van der Waals surface area contributed by atoms with Crippen LogP contribution >= 0.6 is 11.6 Å². The van der Waals surface area contributed by atoms with E-state index in [1.807, 2.05) is 0 Å². The van der Waals surface area contributed by atoms with Crippen LogP contribution in [0.3, 0.4) is 0 Å². The fraction of sp³-hybridized carbons (Fsp3) is 0.250. The highest BCUT2D eigenvalue weighted by atomic mass is 35.5. The lowest BCUT2D eigenvalue weighted by Gasteiger charge is -2.08. The molecule has 4 radical (unpaired) electrons. The maximum Gasteiger partial charge on any atom is 0.261 e. The second kappa shape index (κ2) is 3.69. The number of halogens is 1. The number of carbonyl (C=O) groups is 1. The molecule has 44 valence electrons. The van der Waals surface area contributed by atoms with E-state index in [1.54, 1.807) is 0 Å². The molecule has 0 atom stereocenters. The van der Waals surface area contributed by atoms with Gasteiger partial charge in [0.25, 0.3) is 5.91 Å². The lowest BCUT2D eigenvalue weighted by molar-refractivity contribution is -0.154. The van der Waals surface area contributed by atoms with Gasteiger partial charge in [0, 0.05) is 0 Å². The van der Waals surface area contributed by atoms with Crippen LogP contribution in [-0.4, -0.2) is 16.9 Å². The van der Waals surface area contributed by atoms with Crippen molar-refractivity contribution in [2.75, 3.05) is 5.88 Å². The van der Waals surface area contributed by atoms with Gasteiger partial charge in [0.2, 0.25) is 0 Å². The topological polar surface area (TPSA) is 29.5 Å². The summed E-state index contributed by atoms with van der Waals surface area (Å²) in [6.07, 6.45) is 0. The number of alkyl halides is 1. The highest BCUT2D eigenvalue weighted by Crippen LogP contribution is 1.88. The number of nitrogens with zero attached hydrogens (tertiary/aromatic N) is 1. The molecule has 0 aromatic carbocycles. The van der Waals surface area contributed by atoms with Gasteiger partial charge >= 0.3 is 0 Å². The monoisotopic (exact) mass is 133 g/mol. The Kier molecular flexibility index (Phi) is 3.56. The van der Waals surface area contributed by atoms with E-state index in [2.05, 4.69) is 11.9 Å². The van der Waals surface area contributed by atoms with E-state index in [9.17, 15) is 4.79 Å². The number of rotatable bonds is 2. The molecule has 0 spiro atoms. The van der Waals surface area contributed by atoms with Crippen molar-refractivity contribution in [2.24, 2.45) is 0 Å². The fourth-order valence-corrected chi connectivity index (χ4v) is 0.235. The van der Waals surface area contributed by atoms with Crippen LogP contribution in [0.25, 0.3) is 0 Å². The average Bonchev–Trinajstić information content (AvgIpc) is 1.84. The zero-order chi connectivity index (χ0) is 6.57. The van der Waals surface area contributed by atoms with E-state index in [4.69, 9.17) is 18.6 Å². The number of carbonyl (C=O) groups excluding carboxylic acids is 1. The molecule has 0 aliphatic carbocycles. The number of amides is 1. The number of hydroxylamine groups is 2. The first-order valence-corrected chi connectivity index (χ1v) is 2.26. The Balaban J connectivity index is 3.46. The Morgan fingerprint density at radius 3 is 2.50 bits per heavy atom. The summed E-state index contributed by atoms with van der Waals surface area (Å²) in [6, 6.07) is 0. The molecule has 0 saturated carbocycles. The minimum atomic E-state index is -0.589. The summed E-state index contributed by atoms with van der Waals surface area (Å²) < 4.78 is 0. The van der Waals surface area contributed by atoms with Crippen LogP contribution in [0.2, 0.25) is 0 Å². The predicted molar refractivity (Wildman–Crippen MR) is 27.3 cm³/mol. The molecule has 0 N–H and O–H groups in total. The highest BCUT2D eigenvalue weighted by molar-refractivity contribution is 6.27. The highest BCUT2D eigenvalue weighted by Gasteiger charge is 2.03. The molecule has 0 saturated heterocycles. The van der Waals surface area contributed by atoms with Gasteiger partial charge < -0.3 is 0 Å². The van der Waals surface area contributed by atoms with Gasteiger partial charge in [0.15, 0.2) is 0 Å². The minimum Gasteiger partial charge on any atom is -0.271 e. The molecule has 0 heterocycles. The van der Waals surface area contributed by atoms with Crippen LogP contribution < -0.4 is 0 Å². The molecule has 8 heavy (non-hydrogen) atoms. The maximum atomic E-state index is 10.2. The van der Waals surface area contributed by atoms with Crippen molar-refractivity contribution in [1.82, 2.24) is 5.06 Å². The quantitative estimate of drug-likeness (QED) is 0.309. The normalized spacial score (nSPS) is 8.88. The lowest BCUT2D eigenvalue weighted by Crippen LogP contribution is -2.23.